The Morgan fingerprint density at radius 3 is 2.65 bits per heavy atom. The highest BCUT2D eigenvalue weighted by Gasteiger charge is 2.12. The van der Waals surface area contributed by atoms with Gasteiger partial charge in [0, 0.05) is 24.8 Å². The van der Waals surface area contributed by atoms with Gasteiger partial charge in [-0.15, -0.1) is 0 Å². The fourth-order valence-electron chi connectivity index (χ4n) is 2.34. The van der Waals surface area contributed by atoms with Crippen LogP contribution in [0.3, 0.4) is 0 Å². The summed E-state index contributed by atoms with van der Waals surface area (Å²) in [6.07, 6.45) is 0. The van der Waals surface area contributed by atoms with E-state index in [1.807, 2.05) is 37.9 Å². The van der Waals surface area contributed by atoms with Crippen molar-refractivity contribution in [2.75, 3.05) is 11.9 Å². The molecule has 0 fully saturated rings. The van der Waals surface area contributed by atoms with E-state index in [1.165, 1.54) is 12.1 Å². The minimum atomic E-state index is -0.244. The van der Waals surface area contributed by atoms with Gasteiger partial charge in [-0.1, -0.05) is 12.1 Å². The van der Waals surface area contributed by atoms with Gasteiger partial charge in [0.25, 0.3) is 0 Å². The molecule has 0 aliphatic carbocycles. The summed E-state index contributed by atoms with van der Waals surface area (Å²) in [5.41, 5.74) is 3.61. The largest absolute Gasteiger partial charge is 0.392 e. The highest BCUT2D eigenvalue weighted by atomic mass is 19.1. The molecule has 1 aromatic carbocycles. The molecule has 0 amide bonds. The van der Waals surface area contributed by atoms with Gasteiger partial charge in [0.2, 0.25) is 0 Å². The quantitative estimate of drug-likeness (QED) is 0.931. The lowest BCUT2D eigenvalue weighted by atomic mass is 10.1. The van der Waals surface area contributed by atoms with Crippen LogP contribution in [0.2, 0.25) is 0 Å². The summed E-state index contributed by atoms with van der Waals surface area (Å²) < 4.78 is 13.2. The predicted molar refractivity (Wildman–Crippen MR) is 78.1 cm³/mol. The maximum Gasteiger partial charge on any atom is 0.134 e. The number of aromatic nitrogens is 1. The van der Waals surface area contributed by atoms with Crippen molar-refractivity contribution in [2.24, 2.45) is 0 Å². The second-order valence-electron chi connectivity index (χ2n) is 5.03. The van der Waals surface area contributed by atoms with Crippen molar-refractivity contribution in [3.05, 3.63) is 58.5 Å². The van der Waals surface area contributed by atoms with Crippen LogP contribution in [0.5, 0.6) is 0 Å². The van der Waals surface area contributed by atoms with Crippen LogP contribution >= 0.6 is 0 Å². The van der Waals surface area contributed by atoms with Crippen LogP contribution in [0, 0.1) is 19.7 Å². The molecule has 0 bridgehead atoms. The summed E-state index contributed by atoms with van der Waals surface area (Å²) in [6.45, 7) is 4.37. The lowest BCUT2D eigenvalue weighted by Gasteiger charge is -2.22. The van der Waals surface area contributed by atoms with Gasteiger partial charge < -0.3 is 10.0 Å². The van der Waals surface area contributed by atoms with Crippen molar-refractivity contribution in [1.29, 1.82) is 0 Å². The third kappa shape index (κ3) is 3.14. The smallest absolute Gasteiger partial charge is 0.134 e. The number of halogens is 1. The number of rotatable bonds is 4. The molecule has 0 atom stereocenters. The molecule has 0 aliphatic heterocycles. The Bertz CT molecular complexity index is 613. The van der Waals surface area contributed by atoms with Crippen molar-refractivity contribution in [1.82, 2.24) is 4.98 Å². The van der Waals surface area contributed by atoms with Gasteiger partial charge >= 0.3 is 0 Å². The lowest BCUT2D eigenvalue weighted by Crippen LogP contribution is -2.20. The highest BCUT2D eigenvalue weighted by molar-refractivity contribution is 5.51. The summed E-state index contributed by atoms with van der Waals surface area (Å²) in [7, 11) is 1.89. The van der Waals surface area contributed by atoms with E-state index in [-0.39, 0.29) is 12.4 Å². The third-order valence-electron chi connectivity index (χ3n) is 3.28. The fourth-order valence-corrected chi connectivity index (χ4v) is 2.34. The van der Waals surface area contributed by atoms with E-state index in [4.69, 9.17) is 0 Å². The Labute approximate surface area is 118 Å². The van der Waals surface area contributed by atoms with Crippen molar-refractivity contribution < 1.29 is 9.50 Å². The third-order valence-corrected chi connectivity index (χ3v) is 3.28. The molecule has 0 saturated heterocycles. The van der Waals surface area contributed by atoms with Crippen molar-refractivity contribution >= 4 is 5.82 Å². The van der Waals surface area contributed by atoms with Gasteiger partial charge in [-0.3, -0.25) is 0 Å². The SMILES string of the molecule is Cc1cc(C)c(CO)c(N(C)Cc2cccc(F)c2)n1. The maximum absolute atomic E-state index is 13.2. The maximum atomic E-state index is 13.2. The second kappa shape index (κ2) is 6.01. The monoisotopic (exact) mass is 274 g/mol. The number of aryl methyl sites for hydroxylation is 2. The molecular weight excluding hydrogens is 255 g/mol. The molecule has 0 spiro atoms. The van der Waals surface area contributed by atoms with Crippen molar-refractivity contribution in [2.45, 2.75) is 27.0 Å². The van der Waals surface area contributed by atoms with Crippen LogP contribution in [0.25, 0.3) is 0 Å². The van der Waals surface area contributed by atoms with E-state index in [2.05, 4.69) is 4.98 Å². The van der Waals surface area contributed by atoms with Gasteiger partial charge in [0.15, 0.2) is 0 Å². The molecule has 1 N–H and O–H groups in total. The second-order valence-corrected chi connectivity index (χ2v) is 5.03. The van der Waals surface area contributed by atoms with E-state index in [1.54, 1.807) is 6.07 Å². The van der Waals surface area contributed by atoms with Crippen LogP contribution < -0.4 is 4.90 Å². The lowest BCUT2D eigenvalue weighted by molar-refractivity contribution is 0.281. The Morgan fingerprint density at radius 2 is 2.00 bits per heavy atom. The Kier molecular flexibility index (Phi) is 4.35. The first-order valence-electron chi connectivity index (χ1n) is 6.55. The molecule has 0 saturated carbocycles. The number of hydrogen-bond donors (Lipinski definition) is 1. The zero-order valence-electron chi connectivity index (χ0n) is 12.0. The molecule has 106 valence electrons. The topological polar surface area (TPSA) is 36.4 Å². The fraction of sp³-hybridized carbons (Fsp3) is 0.312. The molecule has 4 heteroatoms. The van der Waals surface area contributed by atoms with E-state index in [0.29, 0.717) is 6.54 Å². The summed E-state index contributed by atoms with van der Waals surface area (Å²) in [4.78, 5) is 6.43. The number of nitrogens with zero attached hydrogens (tertiary/aromatic N) is 2. The van der Waals surface area contributed by atoms with Crippen LogP contribution in [-0.2, 0) is 13.2 Å². The predicted octanol–water partition coefficient (Wildman–Crippen LogP) is 2.97. The summed E-state index contributed by atoms with van der Waals surface area (Å²) >= 11 is 0. The van der Waals surface area contributed by atoms with Crippen LogP contribution in [0.1, 0.15) is 22.4 Å². The van der Waals surface area contributed by atoms with E-state index < -0.39 is 0 Å². The standard InChI is InChI=1S/C16H19FN2O/c1-11-7-12(2)18-16(15(11)10-20)19(3)9-13-5-4-6-14(17)8-13/h4-8,20H,9-10H2,1-3H3. The number of pyridine rings is 1. The van der Waals surface area contributed by atoms with Crippen molar-refractivity contribution in [3.63, 3.8) is 0 Å². The summed E-state index contributed by atoms with van der Waals surface area (Å²) in [5.74, 6) is 0.501. The average Bonchev–Trinajstić information content (AvgIpc) is 2.37. The van der Waals surface area contributed by atoms with Gasteiger partial charge in [-0.05, 0) is 43.2 Å². The zero-order chi connectivity index (χ0) is 14.7. The van der Waals surface area contributed by atoms with E-state index >= 15 is 0 Å². The molecule has 3 nitrogen and oxygen atoms in total. The summed E-state index contributed by atoms with van der Waals surface area (Å²) in [5, 5.41) is 9.52. The molecule has 20 heavy (non-hydrogen) atoms. The normalized spacial score (nSPS) is 10.7. The zero-order valence-corrected chi connectivity index (χ0v) is 12.0. The van der Waals surface area contributed by atoms with Crippen LogP contribution in [0.4, 0.5) is 10.2 Å². The van der Waals surface area contributed by atoms with Gasteiger partial charge in [0.05, 0.1) is 6.61 Å². The number of aliphatic hydroxyl groups is 1. The van der Waals surface area contributed by atoms with E-state index in [9.17, 15) is 9.50 Å². The minimum absolute atomic E-state index is 0.0536. The average molecular weight is 274 g/mol. The molecule has 1 aromatic heterocycles. The molecule has 0 aliphatic rings. The van der Waals surface area contributed by atoms with Crippen LogP contribution in [-0.4, -0.2) is 17.1 Å². The van der Waals surface area contributed by atoms with Gasteiger partial charge in [-0.2, -0.15) is 0 Å². The Morgan fingerprint density at radius 1 is 1.25 bits per heavy atom. The molecule has 2 aromatic rings. The molecule has 0 radical (unpaired) electrons. The number of aliphatic hydroxyl groups excluding tert-OH is 1. The first-order valence-corrected chi connectivity index (χ1v) is 6.55. The van der Waals surface area contributed by atoms with Crippen LogP contribution in [0.15, 0.2) is 30.3 Å². The van der Waals surface area contributed by atoms with E-state index in [0.717, 1.165) is 28.2 Å². The first kappa shape index (κ1) is 14.5. The van der Waals surface area contributed by atoms with Gasteiger partial charge in [0.1, 0.15) is 11.6 Å². The first-order chi connectivity index (χ1) is 9.51. The molecule has 0 unspecified atom stereocenters. The Hall–Kier alpha value is -1.94. The summed E-state index contributed by atoms with van der Waals surface area (Å²) in [6, 6.07) is 8.46. The molecular formula is C16H19FN2O. The molecule has 1 heterocycles. The number of hydrogen-bond acceptors (Lipinski definition) is 3. The Balaban J connectivity index is 2.31. The van der Waals surface area contributed by atoms with Crippen molar-refractivity contribution in [3.8, 4) is 0 Å². The number of benzene rings is 1. The number of anilines is 1. The van der Waals surface area contributed by atoms with Gasteiger partial charge in [-0.25, -0.2) is 9.37 Å². The highest BCUT2D eigenvalue weighted by Crippen LogP contribution is 2.23. The minimum Gasteiger partial charge on any atom is -0.392 e. The molecule has 2 rings (SSSR count).